The summed E-state index contributed by atoms with van der Waals surface area (Å²) in [5.41, 5.74) is 0.0646. The van der Waals surface area contributed by atoms with Gasteiger partial charge in [0.25, 0.3) is 15.9 Å². The minimum absolute atomic E-state index is 0.253. The summed E-state index contributed by atoms with van der Waals surface area (Å²) in [5, 5.41) is 3.08. The fourth-order valence-electron chi connectivity index (χ4n) is 6.10. The lowest BCUT2D eigenvalue weighted by Gasteiger charge is -2.28. The summed E-state index contributed by atoms with van der Waals surface area (Å²) in [7, 11) is -4.39. The molecule has 5 rings (SSSR count). The lowest BCUT2D eigenvalue weighted by molar-refractivity contribution is 0.0892. The summed E-state index contributed by atoms with van der Waals surface area (Å²) in [4.78, 5) is 20.5. The molecule has 0 N–H and O–H groups in total. The Hall–Kier alpha value is -1.26. The summed E-state index contributed by atoms with van der Waals surface area (Å²) in [6.07, 6.45) is 5.80. The molecule has 206 valence electrons. The van der Waals surface area contributed by atoms with E-state index in [0.717, 1.165) is 31.3 Å². The van der Waals surface area contributed by atoms with Gasteiger partial charge in [0.1, 0.15) is 13.0 Å². The Morgan fingerprint density at radius 1 is 1.03 bits per heavy atom. The number of unbranched alkanes of at least 4 members (excludes halogenated alkanes) is 1. The molecule has 3 aromatic heterocycles. The molecule has 9 heteroatoms. The van der Waals surface area contributed by atoms with E-state index >= 15 is 0 Å². The lowest BCUT2D eigenvalue weighted by atomic mass is 9.88. The van der Waals surface area contributed by atoms with Crippen molar-refractivity contribution >= 4 is 68.4 Å². The molecule has 0 radical (unpaired) electrons. The molecule has 0 spiro atoms. The van der Waals surface area contributed by atoms with Crippen LogP contribution in [0.5, 0.6) is 0 Å². The van der Waals surface area contributed by atoms with Crippen molar-refractivity contribution < 1.29 is 13.2 Å². The third-order valence-corrected chi connectivity index (χ3v) is 19.9. The number of carbonyl (C=O) groups excluding carboxylic acids is 1. The van der Waals surface area contributed by atoms with Crippen LogP contribution in [0.3, 0.4) is 0 Å². The predicted molar refractivity (Wildman–Crippen MR) is 167 cm³/mol. The summed E-state index contributed by atoms with van der Waals surface area (Å²) < 4.78 is 27.7. The number of thiophene rings is 3. The molecule has 2 unspecified atom stereocenters. The van der Waals surface area contributed by atoms with Crippen LogP contribution < -0.4 is 10.4 Å². The topological polar surface area (TPSA) is 54.5 Å². The van der Waals surface area contributed by atoms with Crippen LogP contribution in [0.1, 0.15) is 86.8 Å². The fourth-order valence-corrected chi connectivity index (χ4v) is 18.4. The Bertz CT molecular complexity index is 1530. The van der Waals surface area contributed by atoms with Crippen molar-refractivity contribution in [2.24, 2.45) is 5.92 Å². The van der Waals surface area contributed by atoms with Gasteiger partial charge in [0.05, 0.1) is 10.4 Å². The Labute approximate surface area is 241 Å². The number of amides is 1. The normalized spacial score (nSPS) is 20.6. The molecule has 38 heavy (non-hydrogen) atoms. The van der Waals surface area contributed by atoms with E-state index in [1.54, 1.807) is 16.5 Å². The van der Waals surface area contributed by atoms with Gasteiger partial charge in [-0.05, 0) is 47.8 Å². The van der Waals surface area contributed by atoms with E-state index in [-0.39, 0.29) is 10.3 Å². The monoisotopic (exact) mass is 605 g/mol. The SMILES string of the molecule is CCCCC(CC)C[Si]1(C)c2cc(C)sc2-c2sc(-c3sc(C(C)(C)CC)c4c3C(=O)N(C)S4(=O)=O)cc21. The van der Waals surface area contributed by atoms with Crippen molar-refractivity contribution in [1.82, 2.24) is 4.31 Å². The van der Waals surface area contributed by atoms with Crippen molar-refractivity contribution in [2.75, 3.05) is 7.05 Å². The van der Waals surface area contributed by atoms with Crippen molar-refractivity contribution in [3.8, 4) is 19.5 Å². The second-order valence-corrected chi connectivity index (χ2v) is 21.3. The van der Waals surface area contributed by atoms with E-state index < -0.39 is 24.0 Å². The van der Waals surface area contributed by atoms with E-state index in [0.29, 0.717) is 5.56 Å². The van der Waals surface area contributed by atoms with Gasteiger partial charge in [-0.25, -0.2) is 12.7 Å². The number of rotatable bonds is 9. The van der Waals surface area contributed by atoms with Crippen molar-refractivity contribution in [1.29, 1.82) is 0 Å². The van der Waals surface area contributed by atoms with Crippen molar-refractivity contribution in [2.45, 2.75) is 96.5 Å². The highest BCUT2D eigenvalue weighted by Gasteiger charge is 2.49. The third-order valence-electron chi connectivity index (χ3n) is 8.93. The second kappa shape index (κ2) is 9.68. The van der Waals surface area contributed by atoms with E-state index in [1.807, 2.05) is 11.3 Å². The number of hydrogen-bond donors (Lipinski definition) is 0. The number of carbonyl (C=O) groups is 1. The third kappa shape index (κ3) is 4.06. The average molecular weight is 606 g/mol. The molecule has 1 amide bonds. The highest BCUT2D eigenvalue weighted by Crippen LogP contribution is 2.52. The Kier molecular flexibility index (Phi) is 7.20. The van der Waals surface area contributed by atoms with Crippen LogP contribution in [0, 0.1) is 12.8 Å². The molecule has 2 atom stereocenters. The standard InChI is InChI=1S/C29H39NO3S4Si/c1-9-12-13-18(10-2)16-38(8)20-14-17(4)34-24(20)25-21(38)15-19(35-25)23-22-26(27(36-23)29(5,6)11-3)37(32,33)30(7)28(22)31/h14-15,18H,9-13,16H2,1-8H3. The molecule has 0 bridgehead atoms. The van der Waals surface area contributed by atoms with Gasteiger partial charge in [-0.15, -0.1) is 34.0 Å². The zero-order chi connectivity index (χ0) is 27.8. The quantitative estimate of drug-likeness (QED) is 0.235. The van der Waals surface area contributed by atoms with E-state index in [9.17, 15) is 13.2 Å². The van der Waals surface area contributed by atoms with Crippen molar-refractivity contribution in [3.05, 3.63) is 27.5 Å². The maximum Gasteiger partial charge on any atom is 0.270 e. The van der Waals surface area contributed by atoms with Crippen LogP contribution in [0.4, 0.5) is 0 Å². The molecule has 0 aliphatic carbocycles. The Balaban J connectivity index is 1.70. The van der Waals surface area contributed by atoms with Crippen LogP contribution in [-0.2, 0) is 15.4 Å². The molecular weight excluding hydrogens is 567 g/mol. The predicted octanol–water partition coefficient (Wildman–Crippen LogP) is 7.70. The molecule has 3 aromatic rings. The van der Waals surface area contributed by atoms with Gasteiger partial charge in [-0.1, -0.05) is 66.8 Å². The molecule has 0 aromatic carbocycles. The maximum atomic E-state index is 13.4. The number of aryl methyl sites for hydroxylation is 1. The Morgan fingerprint density at radius 3 is 2.32 bits per heavy atom. The zero-order valence-corrected chi connectivity index (χ0v) is 28.0. The summed E-state index contributed by atoms with van der Waals surface area (Å²) in [6.45, 7) is 15.6. The number of fused-ring (bicyclic) bond motifs is 4. The van der Waals surface area contributed by atoms with Crippen LogP contribution in [0.25, 0.3) is 19.5 Å². The second-order valence-electron chi connectivity index (χ2n) is 11.9. The highest BCUT2D eigenvalue weighted by atomic mass is 32.2. The first-order chi connectivity index (χ1) is 17.8. The maximum absolute atomic E-state index is 13.4. The molecular formula is C29H39NO3S4Si. The van der Waals surface area contributed by atoms with Gasteiger partial charge in [-0.2, -0.15) is 0 Å². The van der Waals surface area contributed by atoms with Gasteiger partial charge >= 0.3 is 0 Å². The molecule has 2 aliphatic rings. The smallest absolute Gasteiger partial charge is 0.268 e. The average Bonchev–Trinajstić information content (AvgIpc) is 3.64. The largest absolute Gasteiger partial charge is 0.270 e. The van der Waals surface area contributed by atoms with Crippen LogP contribution in [-0.4, -0.2) is 33.8 Å². The van der Waals surface area contributed by atoms with E-state index in [1.165, 1.54) is 69.9 Å². The van der Waals surface area contributed by atoms with Gasteiger partial charge in [0, 0.05) is 36.8 Å². The summed E-state index contributed by atoms with van der Waals surface area (Å²) >= 11 is 5.21. The number of hydrogen-bond acceptors (Lipinski definition) is 6. The molecule has 0 saturated heterocycles. The first kappa shape index (κ1) is 28.3. The Morgan fingerprint density at radius 2 is 1.68 bits per heavy atom. The summed E-state index contributed by atoms with van der Waals surface area (Å²) in [6, 6.07) is 6.05. The zero-order valence-electron chi connectivity index (χ0n) is 23.8. The number of nitrogens with zero attached hydrogens (tertiary/aromatic N) is 1. The lowest BCUT2D eigenvalue weighted by Crippen LogP contribution is -2.52. The van der Waals surface area contributed by atoms with Gasteiger partial charge < -0.3 is 0 Å². The van der Waals surface area contributed by atoms with Crippen LogP contribution in [0.2, 0.25) is 12.6 Å². The molecule has 5 heterocycles. The van der Waals surface area contributed by atoms with Crippen molar-refractivity contribution in [3.63, 3.8) is 0 Å². The highest BCUT2D eigenvalue weighted by molar-refractivity contribution is 7.90. The molecule has 2 aliphatic heterocycles. The first-order valence-corrected chi connectivity index (χ1v) is 20.4. The van der Waals surface area contributed by atoms with Gasteiger partial charge in [0.2, 0.25) is 0 Å². The summed E-state index contributed by atoms with van der Waals surface area (Å²) in [5.74, 6) is 0.327. The molecule has 0 fully saturated rings. The van der Waals surface area contributed by atoms with Crippen LogP contribution in [0.15, 0.2) is 17.0 Å². The van der Waals surface area contributed by atoms with E-state index in [4.69, 9.17) is 0 Å². The molecule has 4 nitrogen and oxygen atoms in total. The van der Waals surface area contributed by atoms with Gasteiger partial charge in [-0.3, -0.25) is 4.79 Å². The fraction of sp³-hybridized carbons (Fsp3) is 0.552. The first-order valence-electron chi connectivity index (χ1n) is 13.8. The van der Waals surface area contributed by atoms with E-state index in [2.05, 4.69) is 60.2 Å². The number of sulfonamides is 1. The minimum atomic E-state index is -3.83. The van der Waals surface area contributed by atoms with Crippen LogP contribution >= 0.6 is 34.0 Å². The van der Waals surface area contributed by atoms with Gasteiger partial charge in [0.15, 0.2) is 0 Å². The molecule has 0 saturated carbocycles. The minimum Gasteiger partial charge on any atom is -0.268 e.